The van der Waals surface area contributed by atoms with E-state index in [9.17, 15) is 8.78 Å². The minimum atomic E-state index is -2.24. The molecule has 2 nitrogen and oxygen atoms in total. The predicted octanol–water partition coefficient (Wildman–Crippen LogP) is 2.35. The Labute approximate surface area is 97.4 Å². The van der Waals surface area contributed by atoms with Gasteiger partial charge < -0.3 is 5.32 Å². The first-order valence-electron chi connectivity index (χ1n) is 6.28. The Morgan fingerprint density at radius 2 is 2.00 bits per heavy atom. The Balaban J connectivity index is 2.44. The van der Waals surface area contributed by atoms with Crippen LogP contribution in [0.5, 0.6) is 0 Å². The third kappa shape index (κ3) is 4.34. The summed E-state index contributed by atoms with van der Waals surface area (Å²) < 4.78 is 24.3. The van der Waals surface area contributed by atoms with Crippen LogP contribution < -0.4 is 5.32 Å². The van der Waals surface area contributed by atoms with Gasteiger partial charge in [-0.2, -0.15) is 0 Å². The van der Waals surface area contributed by atoms with E-state index >= 15 is 0 Å². The van der Waals surface area contributed by atoms with E-state index in [-0.39, 0.29) is 12.6 Å². The largest absolute Gasteiger partial charge is 0.307 e. The zero-order valence-electron chi connectivity index (χ0n) is 10.5. The lowest BCUT2D eigenvalue weighted by Gasteiger charge is -2.40. The van der Waals surface area contributed by atoms with Crippen molar-refractivity contribution in [1.82, 2.24) is 10.2 Å². The van der Waals surface area contributed by atoms with Gasteiger partial charge in [-0.05, 0) is 26.2 Å². The molecule has 2 unspecified atom stereocenters. The maximum absolute atomic E-state index is 12.1. The van der Waals surface area contributed by atoms with Crippen molar-refractivity contribution in [2.75, 3.05) is 19.6 Å². The standard InChI is InChI=1S/C12H24F2N2/c1-4-10-5-11(15-6-12(13)14)8-16(7-10)9(2)3/h9-12,15H,4-8H2,1-3H3. The van der Waals surface area contributed by atoms with Gasteiger partial charge in [-0.3, -0.25) is 4.90 Å². The summed E-state index contributed by atoms with van der Waals surface area (Å²) in [7, 11) is 0. The van der Waals surface area contributed by atoms with Crippen molar-refractivity contribution >= 4 is 0 Å². The zero-order chi connectivity index (χ0) is 12.1. The van der Waals surface area contributed by atoms with Crippen LogP contribution >= 0.6 is 0 Å². The molecule has 96 valence electrons. The first kappa shape index (κ1) is 13.8. The Morgan fingerprint density at radius 3 is 2.50 bits per heavy atom. The summed E-state index contributed by atoms with van der Waals surface area (Å²) in [6, 6.07) is 0.736. The third-order valence-electron chi connectivity index (χ3n) is 3.43. The molecular formula is C12H24F2N2. The predicted molar refractivity (Wildman–Crippen MR) is 62.9 cm³/mol. The summed E-state index contributed by atoms with van der Waals surface area (Å²) in [6.45, 7) is 8.36. The molecule has 16 heavy (non-hydrogen) atoms. The van der Waals surface area contributed by atoms with Crippen molar-refractivity contribution in [2.45, 2.75) is 52.1 Å². The first-order valence-corrected chi connectivity index (χ1v) is 6.28. The van der Waals surface area contributed by atoms with Crippen molar-refractivity contribution < 1.29 is 8.78 Å². The Bertz CT molecular complexity index is 197. The minimum Gasteiger partial charge on any atom is -0.307 e. The smallest absolute Gasteiger partial charge is 0.250 e. The zero-order valence-corrected chi connectivity index (χ0v) is 10.5. The molecule has 0 aromatic carbocycles. The Kier molecular flexibility index (Phi) is 5.62. The lowest BCUT2D eigenvalue weighted by molar-refractivity contribution is 0.0915. The number of rotatable bonds is 5. The van der Waals surface area contributed by atoms with Gasteiger partial charge in [0, 0.05) is 25.2 Å². The van der Waals surface area contributed by atoms with Crippen LogP contribution in [0, 0.1) is 5.92 Å². The van der Waals surface area contributed by atoms with Crippen LogP contribution in [0.1, 0.15) is 33.6 Å². The molecule has 1 fully saturated rings. The molecule has 0 bridgehead atoms. The fourth-order valence-corrected chi connectivity index (χ4v) is 2.36. The molecule has 0 radical (unpaired) electrons. The fourth-order valence-electron chi connectivity index (χ4n) is 2.36. The summed E-state index contributed by atoms with van der Waals surface area (Å²) >= 11 is 0. The summed E-state index contributed by atoms with van der Waals surface area (Å²) in [4.78, 5) is 2.39. The molecule has 1 rings (SSSR count). The van der Waals surface area contributed by atoms with Crippen molar-refractivity contribution in [3.05, 3.63) is 0 Å². The molecule has 0 spiro atoms. The van der Waals surface area contributed by atoms with Gasteiger partial charge >= 0.3 is 0 Å². The molecule has 0 aliphatic carbocycles. The number of halogens is 2. The molecule has 0 saturated carbocycles. The summed E-state index contributed by atoms with van der Waals surface area (Å²) in [5.74, 6) is 0.645. The van der Waals surface area contributed by atoms with E-state index in [1.807, 2.05) is 0 Å². The van der Waals surface area contributed by atoms with E-state index in [1.165, 1.54) is 0 Å². The van der Waals surface area contributed by atoms with Crippen LogP contribution in [0.15, 0.2) is 0 Å². The maximum Gasteiger partial charge on any atom is 0.250 e. The Morgan fingerprint density at radius 1 is 1.31 bits per heavy atom. The molecule has 1 aliphatic heterocycles. The molecule has 2 atom stereocenters. The second-order valence-corrected chi connectivity index (χ2v) is 5.05. The minimum absolute atomic E-state index is 0.174. The summed E-state index contributed by atoms with van der Waals surface area (Å²) in [5, 5.41) is 2.98. The number of piperidine rings is 1. The van der Waals surface area contributed by atoms with Crippen LogP contribution in [0.3, 0.4) is 0 Å². The van der Waals surface area contributed by atoms with E-state index in [1.54, 1.807) is 0 Å². The summed E-state index contributed by atoms with van der Waals surface area (Å²) in [5.41, 5.74) is 0. The molecule has 0 aromatic rings. The second-order valence-electron chi connectivity index (χ2n) is 5.05. The summed E-state index contributed by atoms with van der Waals surface area (Å²) in [6.07, 6.45) is -0.0720. The van der Waals surface area contributed by atoms with Gasteiger partial charge in [0.2, 0.25) is 0 Å². The van der Waals surface area contributed by atoms with Crippen LogP contribution in [0.25, 0.3) is 0 Å². The fraction of sp³-hybridized carbons (Fsp3) is 1.00. The number of nitrogens with zero attached hydrogens (tertiary/aromatic N) is 1. The molecule has 1 N–H and O–H groups in total. The SMILES string of the molecule is CCC1CC(NCC(F)F)CN(C(C)C)C1. The number of nitrogens with one attached hydrogen (secondary N) is 1. The van der Waals surface area contributed by atoms with Crippen LogP contribution in [0.2, 0.25) is 0 Å². The second kappa shape index (κ2) is 6.50. The lowest BCUT2D eigenvalue weighted by Crippen LogP contribution is -2.52. The number of likely N-dealkylation sites (tertiary alicyclic amines) is 1. The highest BCUT2D eigenvalue weighted by Gasteiger charge is 2.27. The van der Waals surface area contributed by atoms with Gasteiger partial charge in [0.15, 0.2) is 0 Å². The van der Waals surface area contributed by atoms with Crippen molar-refractivity contribution in [3.8, 4) is 0 Å². The van der Waals surface area contributed by atoms with E-state index in [0.29, 0.717) is 12.0 Å². The number of hydrogen-bond donors (Lipinski definition) is 1. The molecule has 4 heteroatoms. The van der Waals surface area contributed by atoms with Crippen molar-refractivity contribution in [3.63, 3.8) is 0 Å². The van der Waals surface area contributed by atoms with Crippen molar-refractivity contribution in [1.29, 1.82) is 0 Å². The van der Waals surface area contributed by atoms with Gasteiger partial charge in [0.1, 0.15) is 0 Å². The molecular weight excluding hydrogens is 210 g/mol. The van der Waals surface area contributed by atoms with E-state index in [0.717, 1.165) is 25.9 Å². The van der Waals surface area contributed by atoms with Crippen LogP contribution in [0.4, 0.5) is 8.78 Å². The maximum atomic E-state index is 12.1. The number of alkyl halides is 2. The molecule has 1 saturated heterocycles. The Hall–Kier alpha value is -0.220. The highest BCUT2D eigenvalue weighted by molar-refractivity contribution is 4.84. The normalized spacial score (nSPS) is 27.9. The van der Waals surface area contributed by atoms with Gasteiger partial charge in [0.05, 0.1) is 6.54 Å². The van der Waals surface area contributed by atoms with Crippen molar-refractivity contribution in [2.24, 2.45) is 5.92 Å². The van der Waals surface area contributed by atoms with Gasteiger partial charge in [0.25, 0.3) is 6.43 Å². The van der Waals surface area contributed by atoms with Crippen LogP contribution in [-0.4, -0.2) is 43.0 Å². The highest BCUT2D eigenvalue weighted by Crippen LogP contribution is 2.21. The topological polar surface area (TPSA) is 15.3 Å². The molecule has 0 aromatic heterocycles. The first-order chi connectivity index (χ1) is 7.52. The molecule has 1 heterocycles. The number of hydrogen-bond acceptors (Lipinski definition) is 2. The van der Waals surface area contributed by atoms with Gasteiger partial charge in [-0.15, -0.1) is 0 Å². The van der Waals surface area contributed by atoms with E-state index in [2.05, 4.69) is 31.0 Å². The molecule has 1 aliphatic rings. The molecule has 0 amide bonds. The van der Waals surface area contributed by atoms with Gasteiger partial charge in [-0.1, -0.05) is 13.3 Å². The van der Waals surface area contributed by atoms with E-state index in [4.69, 9.17) is 0 Å². The third-order valence-corrected chi connectivity index (χ3v) is 3.43. The van der Waals surface area contributed by atoms with Gasteiger partial charge in [-0.25, -0.2) is 8.78 Å². The quantitative estimate of drug-likeness (QED) is 0.785. The average molecular weight is 234 g/mol. The highest BCUT2D eigenvalue weighted by atomic mass is 19.3. The monoisotopic (exact) mass is 234 g/mol. The van der Waals surface area contributed by atoms with Crippen LogP contribution in [-0.2, 0) is 0 Å². The average Bonchev–Trinajstić information content (AvgIpc) is 2.25. The lowest BCUT2D eigenvalue weighted by atomic mass is 9.91. The van der Waals surface area contributed by atoms with E-state index < -0.39 is 6.43 Å².